The van der Waals surface area contributed by atoms with Gasteiger partial charge in [0.05, 0.1) is 11.3 Å². The lowest BCUT2D eigenvalue weighted by molar-refractivity contribution is 0.0697. The van der Waals surface area contributed by atoms with Gasteiger partial charge in [-0.2, -0.15) is 0 Å². The molecule has 1 fully saturated rings. The van der Waals surface area contributed by atoms with E-state index in [4.69, 9.17) is 5.11 Å². The van der Waals surface area contributed by atoms with E-state index in [1.807, 2.05) is 6.92 Å². The Balaban J connectivity index is 2.07. The van der Waals surface area contributed by atoms with E-state index in [-0.39, 0.29) is 16.8 Å². The molecule has 0 saturated heterocycles. The molecule has 0 atom stereocenters. The molecule has 3 N–H and O–H groups in total. The van der Waals surface area contributed by atoms with E-state index < -0.39 is 17.8 Å². The van der Waals surface area contributed by atoms with E-state index in [9.17, 15) is 14.0 Å². The highest BCUT2D eigenvalue weighted by atomic mass is 19.1. The Morgan fingerprint density at radius 1 is 1.40 bits per heavy atom. The Kier molecular flexibility index (Phi) is 3.92. The van der Waals surface area contributed by atoms with Crippen LogP contribution < -0.4 is 10.6 Å². The molecule has 2 rings (SSSR count). The Labute approximate surface area is 116 Å². The van der Waals surface area contributed by atoms with Gasteiger partial charge >= 0.3 is 12.0 Å². The predicted octanol–water partition coefficient (Wildman–Crippen LogP) is 2.98. The summed E-state index contributed by atoms with van der Waals surface area (Å²) >= 11 is 0. The van der Waals surface area contributed by atoms with Crippen LogP contribution in [0.25, 0.3) is 0 Å². The van der Waals surface area contributed by atoms with Gasteiger partial charge in [-0.3, -0.25) is 0 Å². The van der Waals surface area contributed by atoms with E-state index in [0.717, 1.165) is 43.9 Å². The molecule has 0 aliphatic heterocycles. The Morgan fingerprint density at radius 2 is 2.10 bits per heavy atom. The number of hydrogen-bond acceptors (Lipinski definition) is 2. The predicted molar refractivity (Wildman–Crippen MR) is 72.4 cm³/mol. The molecule has 1 aromatic rings. The number of benzene rings is 1. The highest BCUT2D eigenvalue weighted by Crippen LogP contribution is 2.34. The van der Waals surface area contributed by atoms with E-state index in [0.29, 0.717) is 0 Å². The molecule has 0 heterocycles. The highest BCUT2D eigenvalue weighted by Gasteiger charge is 2.36. The molecule has 2 amide bonds. The van der Waals surface area contributed by atoms with Gasteiger partial charge in [0.15, 0.2) is 0 Å². The van der Waals surface area contributed by atoms with Gasteiger partial charge in [-0.25, -0.2) is 14.0 Å². The third-order valence-electron chi connectivity index (χ3n) is 3.83. The van der Waals surface area contributed by atoms with Gasteiger partial charge in [0, 0.05) is 5.54 Å². The van der Waals surface area contributed by atoms with E-state index in [2.05, 4.69) is 10.6 Å². The third kappa shape index (κ3) is 2.89. The summed E-state index contributed by atoms with van der Waals surface area (Å²) in [4.78, 5) is 22.7. The number of carbonyl (C=O) groups is 2. The van der Waals surface area contributed by atoms with Gasteiger partial charge in [-0.15, -0.1) is 0 Å². The lowest BCUT2D eigenvalue weighted by Crippen LogP contribution is -2.54. The van der Waals surface area contributed by atoms with Crippen LogP contribution in [0.3, 0.4) is 0 Å². The molecule has 1 aliphatic carbocycles. The number of carboxylic acid groups (broad SMARTS) is 1. The van der Waals surface area contributed by atoms with E-state index >= 15 is 0 Å². The summed E-state index contributed by atoms with van der Waals surface area (Å²) in [6.07, 6.45) is 3.71. The summed E-state index contributed by atoms with van der Waals surface area (Å²) in [6, 6.07) is 2.78. The molecule has 1 saturated carbocycles. The fourth-order valence-corrected chi connectivity index (χ4v) is 2.32. The van der Waals surface area contributed by atoms with Crippen LogP contribution in [0.4, 0.5) is 14.9 Å². The van der Waals surface area contributed by atoms with Crippen molar-refractivity contribution in [2.75, 3.05) is 5.32 Å². The van der Waals surface area contributed by atoms with Gasteiger partial charge < -0.3 is 15.7 Å². The van der Waals surface area contributed by atoms with Crippen LogP contribution in [-0.4, -0.2) is 22.6 Å². The molecule has 1 aromatic carbocycles. The second-order valence-electron chi connectivity index (χ2n) is 5.07. The molecule has 6 heteroatoms. The molecule has 20 heavy (non-hydrogen) atoms. The van der Waals surface area contributed by atoms with Crippen LogP contribution >= 0.6 is 0 Å². The van der Waals surface area contributed by atoms with Crippen molar-refractivity contribution in [3.63, 3.8) is 0 Å². The Hall–Kier alpha value is -2.11. The summed E-state index contributed by atoms with van der Waals surface area (Å²) in [5, 5.41) is 14.1. The number of urea groups is 1. The first-order valence-corrected chi connectivity index (χ1v) is 6.58. The minimum absolute atomic E-state index is 0.0736. The standard InChI is InChI=1S/C14H17FN2O3/c1-2-14(6-3-7-14)17-13(20)16-11-8-9(12(18)19)4-5-10(11)15/h4-5,8H,2-3,6-7H2,1H3,(H,18,19)(H2,16,17,20). The maximum absolute atomic E-state index is 13.6. The summed E-state index contributed by atoms with van der Waals surface area (Å²) in [7, 11) is 0. The van der Waals surface area contributed by atoms with Crippen molar-refractivity contribution in [3.05, 3.63) is 29.6 Å². The van der Waals surface area contributed by atoms with Crippen molar-refractivity contribution >= 4 is 17.7 Å². The van der Waals surface area contributed by atoms with Crippen molar-refractivity contribution in [3.8, 4) is 0 Å². The number of nitrogens with one attached hydrogen (secondary N) is 2. The number of carboxylic acids is 1. The van der Waals surface area contributed by atoms with Gasteiger partial charge in [0.1, 0.15) is 5.82 Å². The minimum atomic E-state index is -1.17. The average Bonchev–Trinajstić information content (AvgIpc) is 2.36. The lowest BCUT2D eigenvalue weighted by Gasteiger charge is -2.41. The van der Waals surface area contributed by atoms with Crippen LogP contribution in [0.15, 0.2) is 18.2 Å². The molecule has 0 radical (unpaired) electrons. The molecule has 0 aromatic heterocycles. The third-order valence-corrected chi connectivity index (χ3v) is 3.83. The number of aromatic carboxylic acids is 1. The first-order valence-electron chi connectivity index (χ1n) is 6.58. The number of anilines is 1. The summed E-state index contributed by atoms with van der Waals surface area (Å²) in [5.41, 5.74) is -0.408. The van der Waals surface area contributed by atoms with Crippen molar-refractivity contribution in [2.24, 2.45) is 0 Å². The second-order valence-corrected chi connectivity index (χ2v) is 5.07. The molecule has 0 bridgehead atoms. The van der Waals surface area contributed by atoms with Crippen LogP contribution in [-0.2, 0) is 0 Å². The monoisotopic (exact) mass is 280 g/mol. The van der Waals surface area contributed by atoms with Crippen LogP contribution in [0, 0.1) is 5.82 Å². The zero-order valence-corrected chi connectivity index (χ0v) is 11.2. The lowest BCUT2D eigenvalue weighted by atomic mass is 9.75. The molecule has 0 unspecified atom stereocenters. The van der Waals surface area contributed by atoms with Crippen molar-refractivity contribution in [2.45, 2.75) is 38.1 Å². The van der Waals surface area contributed by atoms with E-state index in [1.165, 1.54) is 0 Å². The van der Waals surface area contributed by atoms with Gasteiger partial charge in [-0.05, 0) is 43.9 Å². The van der Waals surface area contributed by atoms with Gasteiger partial charge in [-0.1, -0.05) is 6.92 Å². The summed E-state index contributed by atoms with van der Waals surface area (Å²) in [6.45, 7) is 1.99. The molecular weight excluding hydrogens is 263 g/mol. The normalized spacial score (nSPS) is 16.1. The van der Waals surface area contributed by atoms with Crippen molar-refractivity contribution in [1.29, 1.82) is 0 Å². The van der Waals surface area contributed by atoms with E-state index in [1.54, 1.807) is 0 Å². The molecule has 0 spiro atoms. The quantitative estimate of drug-likeness (QED) is 0.793. The summed E-state index contributed by atoms with van der Waals surface area (Å²) in [5.74, 6) is -1.83. The van der Waals surface area contributed by atoms with Gasteiger partial charge in [0.2, 0.25) is 0 Å². The smallest absolute Gasteiger partial charge is 0.335 e. The fraction of sp³-hybridized carbons (Fsp3) is 0.429. The molecule has 1 aliphatic rings. The zero-order chi connectivity index (χ0) is 14.8. The number of amides is 2. The number of carbonyl (C=O) groups excluding carboxylic acids is 1. The molecule has 108 valence electrons. The highest BCUT2D eigenvalue weighted by molar-refractivity contribution is 5.93. The summed E-state index contributed by atoms with van der Waals surface area (Å²) < 4.78 is 13.6. The Morgan fingerprint density at radius 3 is 2.60 bits per heavy atom. The zero-order valence-electron chi connectivity index (χ0n) is 11.2. The maximum atomic E-state index is 13.6. The largest absolute Gasteiger partial charge is 0.478 e. The Bertz CT molecular complexity index is 536. The van der Waals surface area contributed by atoms with Crippen molar-refractivity contribution in [1.82, 2.24) is 5.32 Å². The number of rotatable bonds is 4. The average molecular weight is 280 g/mol. The number of halogens is 1. The second kappa shape index (κ2) is 5.48. The fourth-order valence-electron chi connectivity index (χ4n) is 2.32. The molecular formula is C14H17FN2O3. The number of hydrogen-bond donors (Lipinski definition) is 3. The minimum Gasteiger partial charge on any atom is -0.478 e. The maximum Gasteiger partial charge on any atom is 0.335 e. The van der Waals surface area contributed by atoms with Crippen LogP contribution in [0.2, 0.25) is 0 Å². The first-order chi connectivity index (χ1) is 9.46. The first kappa shape index (κ1) is 14.3. The topological polar surface area (TPSA) is 78.4 Å². The van der Waals surface area contributed by atoms with Gasteiger partial charge in [0.25, 0.3) is 0 Å². The molecule has 5 nitrogen and oxygen atoms in total. The van der Waals surface area contributed by atoms with Crippen LogP contribution in [0.1, 0.15) is 43.0 Å². The van der Waals surface area contributed by atoms with Crippen LogP contribution in [0.5, 0.6) is 0 Å². The van der Waals surface area contributed by atoms with Crippen molar-refractivity contribution < 1.29 is 19.1 Å². The SMILES string of the molecule is CCC1(NC(=O)Nc2cc(C(=O)O)ccc2F)CCC1.